The number of carbonyl (C=O) groups excluding carboxylic acids is 1. The van der Waals surface area contributed by atoms with E-state index in [1.165, 1.54) is 0 Å². The predicted molar refractivity (Wildman–Crippen MR) is 80.6 cm³/mol. The number of hydrogen-bond donors (Lipinski definition) is 2. The average molecular weight is 322 g/mol. The van der Waals surface area contributed by atoms with E-state index in [9.17, 15) is 19.7 Å². The predicted octanol–water partition coefficient (Wildman–Crippen LogP) is 2.12. The third-order valence-corrected chi connectivity index (χ3v) is 3.73. The minimum absolute atomic E-state index is 0.111. The van der Waals surface area contributed by atoms with Crippen LogP contribution in [0.4, 0.5) is 5.69 Å². The first-order valence-electron chi connectivity index (χ1n) is 7.41. The number of benzene rings is 1. The van der Waals surface area contributed by atoms with E-state index in [-0.39, 0.29) is 35.6 Å². The maximum atomic E-state index is 11.9. The van der Waals surface area contributed by atoms with Crippen molar-refractivity contribution in [3.05, 3.63) is 33.9 Å². The van der Waals surface area contributed by atoms with Crippen molar-refractivity contribution >= 4 is 17.6 Å². The molecule has 8 nitrogen and oxygen atoms in total. The van der Waals surface area contributed by atoms with Crippen LogP contribution in [0.25, 0.3) is 0 Å². The number of amides is 1. The van der Waals surface area contributed by atoms with Gasteiger partial charge in [0.1, 0.15) is 0 Å². The van der Waals surface area contributed by atoms with Gasteiger partial charge in [0.15, 0.2) is 12.4 Å². The van der Waals surface area contributed by atoms with Crippen molar-refractivity contribution < 1.29 is 24.4 Å². The van der Waals surface area contributed by atoms with Crippen LogP contribution in [0.5, 0.6) is 5.75 Å². The van der Waals surface area contributed by atoms with Crippen molar-refractivity contribution in [2.75, 3.05) is 6.61 Å². The third-order valence-electron chi connectivity index (χ3n) is 3.73. The van der Waals surface area contributed by atoms with E-state index in [0.717, 1.165) is 50.3 Å². The van der Waals surface area contributed by atoms with Gasteiger partial charge in [-0.3, -0.25) is 14.9 Å². The van der Waals surface area contributed by atoms with E-state index in [2.05, 4.69) is 5.32 Å². The topological polar surface area (TPSA) is 119 Å². The van der Waals surface area contributed by atoms with Gasteiger partial charge in [0.05, 0.1) is 10.5 Å². The first-order chi connectivity index (χ1) is 11.0. The first kappa shape index (κ1) is 16.7. The molecule has 0 atom stereocenters. The number of carbonyl (C=O) groups is 2. The summed E-state index contributed by atoms with van der Waals surface area (Å²) in [5.41, 5.74) is -0.515. The van der Waals surface area contributed by atoms with Crippen LogP contribution in [-0.2, 0) is 4.79 Å². The van der Waals surface area contributed by atoms with Gasteiger partial charge >= 0.3 is 11.7 Å². The highest BCUT2D eigenvalue weighted by Gasteiger charge is 2.20. The van der Waals surface area contributed by atoms with Gasteiger partial charge in [0.25, 0.3) is 5.91 Å². The molecule has 1 aromatic carbocycles. The Bertz CT molecular complexity index is 610. The third kappa shape index (κ3) is 4.67. The van der Waals surface area contributed by atoms with Gasteiger partial charge < -0.3 is 15.2 Å². The molecule has 1 amide bonds. The van der Waals surface area contributed by atoms with Crippen LogP contribution in [-0.4, -0.2) is 34.6 Å². The van der Waals surface area contributed by atoms with E-state index < -0.39 is 10.9 Å². The minimum Gasteiger partial charge on any atom is -0.478 e. The van der Waals surface area contributed by atoms with Gasteiger partial charge in [0.2, 0.25) is 0 Å². The normalized spacial score (nSPS) is 15.0. The van der Waals surface area contributed by atoms with Crippen molar-refractivity contribution in [3.8, 4) is 5.75 Å². The van der Waals surface area contributed by atoms with Crippen molar-refractivity contribution in [1.29, 1.82) is 0 Å². The Morgan fingerprint density at radius 3 is 2.61 bits per heavy atom. The summed E-state index contributed by atoms with van der Waals surface area (Å²) in [6.07, 6.45) is 5.13. The second kappa shape index (κ2) is 7.57. The molecular weight excluding hydrogens is 304 g/mol. The standard InChI is InChI=1S/C15H18N2O6/c18-14(16-11-4-2-1-3-5-11)9-23-13-8-10(15(19)20)6-7-12(13)17(21)22/h6-8,11H,1-5,9H2,(H,16,18)(H,19,20). The fraction of sp³-hybridized carbons (Fsp3) is 0.467. The molecule has 1 fully saturated rings. The van der Waals surface area contributed by atoms with Crippen LogP contribution in [0, 0.1) is 10.1 Å². The van der Waals surface area contributed by atoms with Gasteiger partial charge in [0, 0.05) is 18.2 Å². The number of ether oxygens (including phenoxy) is 1. The van der Waals surface area contributed by atoms with E-state index in [1.54, 1.807) is 0 Å². The fourth-order valence-electron chi connectivity index (χ4n) is 2.57. The molecule has 1 aliphatic rings. The Hall–Kier alpha value is -2.64. The Balaban J connectivity index is 2.00. The summed E-state index contributed by atoms with van der Waals surface area (Å²) in [5.74, 6) is -1.82. The van der Waals surface area contributed by atoms with Crippen LogP contribution in [0.15, 0.2) is 18.2 Å². The molecule has 0 aliphatic heterocycles. The molecule has 0 saturated heterocycles. The molecule has 2 N–H and O–H groups in total. The number of carboxylic acid groups (broad SMARTS) is 1. The number of rotatable bonds is 6. The number of nitro benzene ring substituents is 1. The highest BCUT2D eigenvalue weighted by atomic mass is 16.6. The minimum atomic E-state index is -1.23. The summed E-state index contributed by atoms with van der Waals surface area (Å²) in [7, 11) is 0. The van der Waals surface area contributed by atoms with Crippen molar-refractivity contribution in [2.24, 2.45) is 0 Å². The summed E-state index contributed by atoms with van der Waals surface area (Å²) in [4.78, 5) is 33.1. The van der Waals surface area contributed by atoms with Crippen molar-refractivity contribution in [2.45, 2.75) is 38.1 Å². The lowest BCUT2D eigenvalue weighted by molar-refractivity contribution is -0.385. The summed E-state index contributed by atoms with van der Waals surface area (Å²) in [5, 5.41) is 22.7. The summed E-state index contributed by atoms with van der Waals surface area (Å²) in [6.45, 7) is -0.388. The SMILES string of the molecule is O=C(COc1cc(C(=O)O)ccc1[N+](=O)[O-])NC1CCCCC1. The molecular formula is C15H18N2O6. The van der Waals surface area contributed by atoms with E-state index in [4.69, 9.17) is 9.84 Å². The number of nitrogens with one attached hydrogen (secondary N) is 1. The zero-order valence-electron chi connectivity index (χ0n) is 12.5. The van der Waals surface area contributed by atoms with Crippen LogP contribution in [0.3, 0.4) is 0 Å². The lowest BCUT2D eigenvalue weighted by Gasteiger charge is -2.22. The molecule has 23 heavy (non-hydrogen) atoms. The van der Waals surface area contributed by atoms with Gasteiger partial charge in [-0.05, 0) is 18.9 Å². The first-order valence-corrected chi connectivity index (χ1v) is 7.41. The molecule has 1 saturated carbocycles. The molecule has 8 heteroatoms. The average Bonchev–Trinajstić information content (AvgIpc) is 2.53. The maximum Gasteiger partial charge on any atom is 0.335 e. The van der Waals surface area contributed by atoms with Crippen molar-refractivity contribution in [3.63, 3.8) is 0 Å². The zero-order chi connectivity index (χ0) is 16.8. The molecule has 0 heterocycles. The molecule has 0 unspecified atom stereocenters. The smallest absolute Gasteiger partial charge is 0.335 e. The number of carboxylic acids is 1. The summed E-state index contributed by atoms with van der Waals surface area (Å²) in [6, 6.07) is 3.34. The quantitative estimate of drug-likeness (QED) is 0.611. The largest absolute Gasteiger partial charge is 0.478 e. The summed E-state index contributed by atoms with van der Waals surface area (Å²) < 4.78 is 5.18. The molecule has 0 radical (unpaired) electrons. The molecule has 1 aliphatic carbocycles. The van der Waals surface area contributed by atoms with Crippen LogP contribution < -0.4 is 10.1 Å². The number of hydrogen-bond acceptors (Lipinski definition) is 5. The van der Waals surface area contributed by atoms with Crippen LogP contribution >= 0.6 is 0 Å². The fourth-order valence-corrected chi connectivity index (χ4v) is 2.57. The number of aromatic carboxylic acids is 1. The summed E-state index contributed by atoms with van der Waals surface area (Å²) >= 11 is 0. The molecule has 2 rings (SSSR count). The molecule has 0 aromatic heterocycles. The van der Waals surface area contributed by atoms with E-state index in [0.29, 0.717) is 0 Å². The monoisotopic (exact) mass is 322 g/mol. The van der Waals surface area contributed by atoms with E-state index in [1.807, 2.05) is 0 Å². The van der Waals surface area contributed by atoms with Crippen LogP contribution in [0.2, 0.25) is 0 Å². The lowest BCUT2D eigenvalue weighted by Crippen LogP contribution is -2.39. The Morgan fingerprint density at radius 2 is 2.00 bits per heavy atom. The lowest BCUT2D eigenvalue weighted by atomic mass is 9.95. The van der Waals surface area contributed by atoms with Gasteiger partial charge in [-0.15, -0.1) is 0 Å². The highest BCUT2D eigenvalue weighted by Crippen LogP contribution is 2.28. The second-order valence-electron chi connectivity index (χ2n) is 5.44. The van der Waals surface area contributed by atoms with Gasteiger partial charge in [-0.2, -0.15) is 0 Å². The molecule has 0 spiro atoms. The molecule has 1 aromatic rings. The Morgan fingerprint density at radius 1 is 1.30 bits per heavy atom. The van der Waals surface area contributed by atoms with Crippen LogP contribution in [0.1, 0.15) is 42.5 Å². The zero-order valence-corrected chi connectivity index (χ0v) is 12.5. The maximum absolute atomic E-state index is 11.9. The van der Waals surface area contributed by atoms with E-state index >= 15 is 0 Å². The second-order valence-corrected chi connectivity index (χ2v) is 5.44. The Kier molecular flexibility index (Phi) is 5.51. The highest BCUT2D eigenvalue weighted by molar-refractivity contribution is 5.88. The Labute approximate surface area is 132 Å². The number of nitro groups is 1. The number of nitrogens with zero attached hydrogens (tertiary/aromatic N) is 1. The van der Waals surface area contributed by atoms with Gasteiger partial charge in [-0.25, -0.2) is 4.79 Å². The van der Waals surface area contributed by atoms with Gasteiger partial charge in [-0.1, -0.05) is 19.3 Å². The molecule has 0 bridgehead atoms. The molecule has 124 valence electrons. The van der Waals surface area contributed by atoms with Crippen molar-refractivity contribution in [1.82, 2.24) is 5.32 Å².